The van der Waals surface area contributed by atoms with E-state index >= 15 is 0 Å². The molecule has 0 aliphatic heterocycles. The fraction of sp³-hybridized carbons (Fsp3) is 0. The maximum Gasteiger partial charge on any atom is 0.395 e. The molecule has 1 heterocycles. The Morgan fingerprint density at radius 2 is 2.60 bits per heavy atom. The van der Waals surface area contributed by atoms with Crippen LogP contribution in [0.1, 0.15) is 10.6 Å². The van der Waals surface area contributed by atoms with Gasteiger partial charge in [-0.3, -0.25) is 0 Å². The molecule has 0 unspecified atom stereocenters. The highest BCUT2D eigenvalue weighted by molar-refractivity contribution is 5.85. The number of ether oxygens (including phenoxy) is 1. The second-order valence-corrected chi connectivity index (χ2v) is 1.22. The number of nitrogens with one attached hydrogen (secondary N) is 1. The van der Waals surface area contributed by atoms with E-state index in [9.17, 15) is 4.79 Å². The Hall–Kier alpha value is -1.97. The summed E-state index contributed by atoms with van der Waals surface area (Å²) in [5, 5.41) is 19.5. The molecular weight excluding hydrogens is 138 g/mol. The Bertz CT molecular complexity index is 259. The Kier molecular flexibility index (Phi) is 1.56. The zero-order valence-corrected chi connectivity index (χ0v) is 4.61. The molecule has 10 heavy (non-hydrogen) atoms. The van der Waals surface area contributed by atoms with Crippen LogP contribution in [0.5, 0.6) is 0 Å². The maximum absolute atomic E-state index is 10.5. The molecule has 7 nitrogen and oxygen atoms in total. The first-order valence-electron chi connectivity index (χ1n) is 2.18. The summed E-state index contributed by atoms with van der Waals surface area (Å²) in [5.41, 5.74) is 0. The normalized spacial score (nSPS) is 8.30. The molecule has 0 radical (unpaired) electrons. The summed E-state index contributed by atoms with van der Waals surface area (Å²) in [5.74, 6) is -1.18. The van der Waals surface area contributed by atoms with E-state index in [1.54, 1.807) is 0 Å². The zero-order chi connectivity index (χ0) is 7.40. The summed E-state index contributed by atoms with van der Waals surface area (Å²) in [7, 11) is 0. The van der Waals surface area contributed by atoms with Crippen molar-refractivity contribution in [3.63, 3.8) is 0 Å². The van der Waals surface area contributed by atoms with E-state index in [0.29, 0.717) is 0 Å². The number of esters is 1. The van der Waals surface area contributed by atoms with Gasteiger partial charge in [-0.25, -0.2) is 4.79 Å². The van der Waals surface area contributed by atoms with Gasteiger partial charge in [0.05, 0.1) is 0 Å². The predicted octanol–water partition coefficient (Wildman–Crippen LogP) is -1.16. The van der Waals surface area contributed by atoms with Gasteiger partial charge in [0, 0.05) is 0 Å². The Morgan fingerprint density at radius 1 is 1.80 bits per heavy atom. The lowest BCUT2D eigenvalue weighted by molar-refractivity contribution is 0.0672. The molecule has 0 amide bonds. The van der Waals surface area contributed by atoms with Gasteiger partial charge in [-0.1, -0.05) is 0 Å². The number of aromatic amines is 1. The Balaban J connectivity index is 2.71. The number of H-pyrrole nitrogens is 1. The molecule has 1 rings (SSSR count). The van der Waals surface area contributed by atoms with Crippen LogP contribution in [-0.2, 0) is 4.74 Å². The number of nitrogens with zero attached hydrogens (tertiary/aromatic N) is 4. The van der Waals surface area contributed by atoms with Gasteiger partial charge in [-0.15, -0.1) is 15.5 Å². The molecule has 0 fully saturated rings. The second-order valence-electron chi connectivity index (χ2n) is 1.22. The molecule has 0 saturated carbocycles. The van der Waals surface area contributed by atoms with Crippen LogP contribution in [0.15, 0.2) is 0 Å². The molecule has 0 aliphatic carbocycles. The number of aromatic nitrogens is 4. The third kappa shape index (κ3) is 1.05. The van der Waals surface area contributed by atoms with Crippen LogP contribution in [0.3, 0.4) is 0 Å². The van der Waals surface area contributed by atoms with Gasteiger partial charge in [0.25, 0.3) is 12.1 Å². The molecule has 0 aliphatic rings. The lowest BCUT2D eigenvalue weighted by Gasteiger charge is -1.82. The van der Waals surface area contributed by atoms with Crippen LogP contribution in [0.2, 0.25) is 0 Å². The Labute approximate surface area is 54.6 Å². The summed E-state index contributed by atoms with van der Waals surface area (Å²) in [6.45, 7) is 0. The summed E-state index contributed by atoms with van der Waals surface area (Å²) in [4.78, 5) is 10.5. The molecule has 0 saturated heterocycles. The molecule has 50 valence electrons. The van der Waals surface area contributed by atoms with Crippen molar-refractivity contribution in [1.82, 2.24) is 20.6 Å². The average molecular weight is 139 g/mol. The van der Waals surface area contributed by atoms with Crippen LogP contribution in [-0.4, -0.2) is 26.6 Å². The monoisotopic (exact) mass is 139 g/mol. The largest absolute Gasteiger partial charge is 0.395 e. The summed E-state index contributed by atoms with van der Waals surface area (Å²) in [6.07, 6.45) is 1.18. The molecule has 7 heteroatoms. The van der Waals surface area contributed by atoms with Crippen molar-refractivity contribution >= 4 is 5.97 Å². The van der Waals surface area contributed by atoms with E-state index in [-0.39, 0.29) is 5.82 Å². The van der Waals surface area contributed by atoms with Crippen LogP contribution < -0.4 is 0 Å². The summed E-state index contributed by atoms with van der Waals surface area (Å²) < 4.78 is 3.87. The first-order valence-corrected chi connectivity index (χ1v) is 2.18. The van der Waals surface area contributed by atoms with Crippen molar-refractivity contribution in [2.75, 3.05) is 0 Å². The lowest BCUT2D eigenvalue weighted by Crippen LogP contribution is -2.02. The average Bonchev–Trinajstić information content (AvgIpc) is 2.38. The minimum atomic E-state index is -0.920. The SMILES string of the molecule is N#COC(=O)c1nn[nH]n1. The maximum atomic E-state index is 10.5. The van der Waals surface area contributed by atoms with Gasteiger partial charge in [0.15, 0.2) is 0 Å². The number of carbonyl (C=O) groups is 1. The standard InChI is InChI=1S/C3HN5O2/c4-1-10-3(9)2-5-7-8-6-2/h(H,5,6,7,8). The minimum absolute atomic E-state index is 0.262. The van der Waals surface area contributed by atoms with Crippen molar-refractivity contribution in [2.45, 2.75) is 0 Å². The van der Waals surface area contributed by atoms with Crippen LogP contribution in [0.4, 0.5) is 0 Å². The Morgan fingerprint density at radius 3 is 3.10 bits per heavy atom. The van der Waals surface area contributed by atoms with E-state index in [0.717, 1.165) is 0 Å². The fourth-order valence-electron chi connectivity index (χ4n) is 0.335. The first kappa shape index (κ1) is 6.15. The van der Waals surface area contributed by atoms with Gasteiger partial charge in [-0.2, -0.15) is 5.21 Å². The van der Waals surface area contributed by atoms with Gasteiger partial charge >= 0.3 is 5.97 Å². The number of hydrogen-bond donors (Lipinski definition) is 1. The van der Waals surface area contributed by atoms with E-state index in [4.69, 9.17) is 5.26 Å². The van der Waals surface area contributed by atoms with E-state index < -0.39 is 5.97 Å². The lowest BCUT2D eigenvalue weighted by atomic mass is 10.6. The number of rotatable bonds is 1. The highest BCUT2D eigenvalue weighted by Crippen LogP contribution is 1.86. The van der Waals surface area contributed by atoms with Crippen LogP contribution >= 0.6 is 0 Å². The molecule has 1 N–H and O–H groups in total. The van der Waals surface area contributed by atoms with Crippen molar-refractivity contribution in [2.24, 2.45) is 0 Å². The number of carbonyl (C=O) groups excluding carboxylic acids is 1. The first-order chi connectivity index (χ1) is 4.84. The van der Waals surface area contributed by atoms with Crippen LogP contribution in [0, 0.1) is 11.5 Å². The van der Waals surface area contributed by atoms with Gasteiger partial charge in [0.1, 0.15) is 0 Å². The summed E-state index contributed by atoms with van der Waals surface area (Å²) >= 11 is 0. The number of nitriles is 1. The van der Waals surface area contributed by atoms with E-state index in [2.05, 4.69) is 20.1 Å². The highest BCUT2D eigenvalue weighted by atomic mass is 16.5. The highest BCUT2D eigenvalue weighted by Gasteiger charge is 2.11. The molecule has 0 aromatic carbocycles. The number of hydrogen-bond acceptors (Lipinski definition) is 6. The van der Waals surface area contributed by atoms with E-state index in [1.807, 2.05) is 5.21 Å². The van der Waals surface area contributed by atoms with Crippen molar-refractivity contribution in [3.05, 3.63) is 5.82 Å². The quantitative estimate of drug-likeness (QED) is 0.388. The zero-order valence-electron chi connectivity index (χ0n) is 4.61. The van der Waals surface area contributed by atoms with Crippen molar-refractivity contribution < 1.29 is 9.53 Å². The molecular formula is C3HN5O2. The number of tetrazole rings is 1. The van der Waals surface area contributed by atoms with Crippen LogP contribution in [0.25, 0.3) is 0 Å². The topological polar surface area (TPSA) is 105 Å². The van der Waals surface area contributed by atoms with Crippen molar-refractivity contribution in [3.8, 4) is 6.26 Å². The molecule has 1 aromatic heterocycles. The third-order valence-corrected chi connectivity index (χ3v) is 0.666. The summed E-state index contributed by atoms with van der Waals surface area (Å²) in [6, 6.07) is 0. The fourth-order valence-corrected chi connectivity index (χ4v) is 0.335. The van der Waals surface area contributed by atoms with E-state index in [1.165, 1.54) is 6.26 Å². The molecule has 0 bridgehead atoms. The van der Waals surface area contributed by atoms with Gasteiger partial charge in [-0.05, 0) is 5.21 Å². The smallest absolute Gasteiger partial charge is 0.344 e. The third-order valence-electron chi connectivity index (χ3n) is 0.666. The molecule has 0 spiro atoms. The minimum Gasteiger partial charge on any atom is -0.344 e. The molecule has 0 atom stereocenters. The van der Waals surface area contributed by atoms with Gasteiger partial charge < -0.3 is 4.74 Å². The predicted molar refractivity (Wildman–Crippen MR) is 25.2 cm³/mol. The van der Waals surface area contributed by atoms with Crippen molar-refractivity contribution in [1.29, 1.82) is 5.26 Å². The molecule has 1 aromatic rings. The van der Waals surface area contributed by atoms with Gasteiger partial charge in [0.2, 0.25) is 0 Å². The second kappa shape index (κ2) is 2.54.